The van der Waals surface area contributed by atoms with Crippen LogP contribution >= 0.6 is 0 Å². The molecule has 112 valence electrons. The van der Waals surface area contributed by atoms with Crippen LogP contribution in [-0.4, -0.2) is 11.5 Å². The molecule has 1 aliphatic rings. The van der Waals surface area contributed by atoms with Crippen LogP contribution in [0.4, 0.5) is 4.39 Å². The van der Waals surface area contributed by atoms with Crippen LogP contribution < -0.4 is 5.32 Å². The van der Waals surface area contributed by atoms with Crippen molar-refractivity contribution in [2.45, 2.75) is 58.4 Å². The maximum Gasteiger partial charge on any atom is 0.141 e. The van der Waals surface area contributed by atoms with Crippen LogP contribution in [0.1, 0.15) is 64.0 Å². The highest BCUT2D eigenvalue weighted by atomic mass is 19.1. The molecular weight excluding hydrogens is 251 g/mol. The lowest BCUT2D eigenvalue weighted by Gasteiger charge is -2.37. The van der Waals surface area contributed by atoms with E-state index in [9.17, 15) is 4.39 Å². The highest BCUT2D eigenvalue weighted by molar-refractivity contribution is 5.17. The Hall–Kier alpha value is -0.960. The van der Waals surface area contributed by atoms with E-state index in [2.05, 4.69) is 24.1 Å². The molecule has 2 rings (SSSR count). The van der Waals surface area contributed by atoms with E-state index in [4.69, 9.17) is 0 Å². The summed E-state index contributed by atoms with van der Waals surface area (Å²) >= 11 is 0. The van der Waals surface area contributed by atoms with E-state index < -0.39 is 0 Å². The fourth-order valence-corrected chi connectivity index (χ4v) is 3.60. The average Bonchev–Trinajstić information content (AvgIpc) is 2.48. The summed E-state index contributed by atoms with van der Waals surface area (Å²) in [6.45, 7) is 5.43. The molecule has 2 nitrogen and oxygen atoms in total. The topological polar surface area (TPSA) is 24.9 Å². The van der Waals surface area contributed by atoms with Crippen molar-refractivity contribution in [3.05, 3.63) is 29.8 Å². The van der Waals surface area contributed by atoms with E-state index in [1.165, 1.54) is 38.3 Å². The molecule has 1 aliphatic carbocycles. The van der Waals surface area contributed by atoms with Gasteiger partial charge in [-0.1, -0.05) is 39.5 Å². The van der Waals surface area contributed by atoms with Crippen LogP contribution in [0.3, 0.4) is 0 Å². The summed E-state index contributed by atoms with van der Waals surface area (Å²) in [5.41, 5.74) is 1.02. The number of pyridine rings is 1. The quantitative estimate of drug-likeness (QED) is 0.830. The molecular formula is C17H27FN2. The first kappa shape index (κ1) is 15.4. The van der Waals surface area contributed by atoms with Gasteiger partial charge in [0, 0.05) is 12.2 Å². The highest BCUT2D eigenvalue weighted by Crippen LogP contribution is 2.40. The fourth-order valence-electron chi connectivity index (χ4n) is 3.60. The molecule has 1 aromatic rings. The lowest BCUT2D eigenvalue weighted by atomic mass is 9.72. The molecule has 0 radical (unpaired) electrons. The summed E-state index contributed by atoms with van der Waals surface area (Å²) < 4.78 is 13.5. The molecule has 20 heavy (non-hydrogen) atoms. The third-order valence-electron chi connectivity index (χ3n) is 4.62. The lowest BCUT2D eigenvalue weighted by Crippen LogP contribution is -2.35. The maximum absolute atomic E-state index is 13.5. The minimum absolute atomic E-state index is 0.227. The van der Waals surface area contributed by atoms with Crippen LogP contribution in [0, 0.1) is 17.7 Å². The van der Waals surface area contributed by atoms with Crippen molar-refractivity contribution in [1.29, 1.82) is 0 Å². The van der Waals surface area contributed by atoms with Gasteiger partial charge in [-0.25, -0.2) is 4.39 Å². The summed E-state index contributed by atoms with van der Waals surface area (Å²) in [6.07, 6.45) is 10.6. The van der Waals surface area contributed by atoms with Gasteiger partial charge in [-0.2, -0.15) is 0 Å². The van der Waals surface area contributed by atoms with Crippen LogP contribution in [0.15, 0.2) is 18.5 Å². The fraction of sp³-hybridized carbons (Fsp3) is 0.706. The summed E-state index contributed by atoms with van der Waals surface area (Å²) in [5.74, 6) is 1.14. The monoisotopic (exact) mass is 278 g/mol. The third kappa shape index (κ3) is 3.78. The normalized spacial score (nSPS) is 24.6. The Kier molecular flexibility index (Phi) is 5.96. The van der Waals surface area contributed by atoms with Gasteiger partial charge in [-0.3, -0.25) is 4.98 Å². The largest absolute Gasteiger partial charge is 0.310 e. The van der Waals surface area contributed by atoms with Crippen molar-refractivity contribution in [2.24, 2.45) is 11.8 Å². The molecule has 3 atom stereocenters. The molecule has 0 spiro atoms. The van der Waals surface area contributed by atoms with Crippen LogP contribution in [-0.2, 0) is 0 Å². The summed E-state index contributed by atoms with van der Waals surface area (Å²) in [5, 5.41) is 3.64. The number of nitrogens with one attached hydrogen (secondary N) is 1. The molecule has 1 heterocycles. The molecule has 0 bridgehead atoms. The minimum Gasteiger partial charge on any atom is -0.310 e. The first-order chi connectivity index (χ1) is 9.76. The molecule has 3 unspecified atom stereocenters. The number of hydrogen-bond acceptors (Lipinski definition) is 2. The van der Waals surface area contributed by atoms with E-state index in [1.807, 2.05) is 6.20 Å². The second-order valence-corrected chi connectivity index (χ2v) is 5.98. The molecule has 1 N–H and O–H groups in total. The number of halogens is 1. The minimum atomic E-state index is -0.227. The Labute approximate surface area is 122 Å². The van der Waals surface area contributed by atoms with Crippen LogP contribution in [0.2, 0.25) is 0 Å². The Bertz CT molecular complexity index is 408. The van der Waals surface area contributed by atoms with E-state index in [1.54, 1.807) is 6.07 Å². The Morgan fingerprint density at radius 1 is 1.30 bits per heavy atom. The predicted octanol–water partition coefficient (Wildman–Crippen LogP) is 4.48. The zero-order chi connectivity index (χ0) is 14.4. The van der Waals surface area contributed by atoms with Crippen molar-refractivity contribution in [2.75, 3.05) is 6.54 Å². The van der Waals surface area contributed by atoms with Crippen LogP contribution in [0.5, 0.6) is 0 Å². The molecule has 1 fully saturated rings. The molecule has 0 amide bonds. The summed E-state index contributed by atoms with van der Waals surface area (Å²) in [6, 6.07) is 1.91. The van der Waals surface area contributed by atoms with E-state index >= 15 is 0 Å². The van der Waals surface area contributed by atoms with E-state index in [-0.39, 0.29) is 11.9 Å². The standard InChI is InChI=1S/C17H27FN2/c1-3-9-20-17(14-10-15(18)12-19-11-14)16-8-6-5-7-13(16)4-2/h10-13,16-17,20H,3-9H2,1-2H3. The van der Waals surface area contributed by atoms with Gasteiger partial charge in [-0.15, -0.1) is 0 Å². The molecule has 0 saturated heterocycles. The second-order valence-electron chi connectivity index (χ2n) is 5.98. The molecule has 1 saturated carbocycles. The van der Waals surface area contributed by atoms with Gasteiger partial charge in [0.1, 0.15) is 5.82 Å². The number of aromatic nitrogens is 1. The van der Waals surface area contributed by atoms with Gasteiger partial charge in [0.2, 0.25) is 0 Å². The van der Waals surface area contributed by atoms with Crippen molar-refractivity contribution < 1.29 is 4.39 Å². The van der Waals surface area contributed by atoms with Crippen molar-refractivity contribution >= 4 is 0 Å². The zero-order valence-electron chi connectivity index (χ0n) is 12.7. The van der Waals surface area contributed by atoms with Crippen molar-refractivity contribution in [3.63, 3.8) is 0 Å². The first-order valence-electron chi connectivity index (χ1n) is 8.10. The molecule has 3 heteroatoms. The highest BCUT2D eigenvalue weighted by Gasteiger charge is 2.31. The number of nitrogens with zero attached hydrogens (tertiary/aromatic N) is 1. The number of hydrogen-bond donors (Lipinski definition) is 1. The van der Waals surface area contributed by atoms with Gasteiger partial charge < -0.3 is 5.32 Å². The lowest BCUT2D eigenvalue weighted by molar-refractivity contribution is 0.175. The third-order valence-corrected chi connectivity index (χ3v) is 4.62. The van der Waals surface area contributed by atoms with Crippen LogP contribution in [0.25, 0.3) is 0 Å². The number of rotatable bonds is 6. The van der Waals surface area contributed by atoms with Gasteiger partial charge in [0.15, 0.2) is 0 Å². The van der Waals surface area contributed by atoms with Gasteiger partial charge in [0.25, 0.3) is 0 Å². The zero-order valence-corrected chi connectivity index (χ0v) is 12.7. The molecule has 0 aliphatic heterocycles. The maximum atomic E-state index is 13.5. The van der Waals surface area contributed by atoms with Crippen molar-refractivity contribution in [3.8, 4) is 0 Å². The van der Waals surface area contributed by atoms with Gasteiger partial charge >= 0.3 is 0 Å². The first-order valence-corrected chi connectivity index (χ1v) is 8.10. The Morgan fingerprint density at radius 3 is 2.80 bits per heavy atom. The average molecular weight is 278 g/mol. The molecule has 0 aromatic carbocycles. The van der Waals surface area contributed by atoms with Crippen molar-refractivity contribution in [1.82, 2.24) is 10.3 Å². The Balaban J connectivity index is 2.21. The van der Waals surface area contributed by atoms with Gasteiger partial charge in [0.05, 0.1) is 6.20 Å². The summed E-state index contributed by atoms with van der Waals surface area (Å²) in [7, 11) is 0. The summed E-state index contributed by atoms with van der Waals surface area (Å²) in [4.78, 5) is 4.04. The predicted molar refractivity (Wildman–Crippen MR) is 81.0 cm³/mol. The molecule has 1 aromatic heterocycles. The second kappa shape index (κ2) is 7.72. The Morgan fingerprint density at radius 2 is 2.10 bits per heavy atom. The smallest absolute Gasteiger partial charge is 0.141 e. The van der Waals surface area contributed by atoms with E-state index in [0.717, 1.165) is 24.4 Å². The van der Waals surface area contributed by atoms with E-state index in [0.29, 0.717) is 5.92 Å². The SMILES string of the molecule is CCCNC(c1cncc(F)c1)C1CCCCC1CC. The van der Waals surface area contributed by atoms with Gasteiger partial charge in [-0.05, 0) is 42.9 Å².